The highest BCUT2D eigenvalue weighted by atomic mass is 16.5. The van der Waals surface area contributed by atoms with E-state index < -0.39 is 11.9 Å². The smallest absolute Gasteiger partial charge is 0.306 e. The molecule has 0 aliphatic carbocycles. The summed E-state index contributed by atoms with van der Waals surface area (Å²) in [5, 5.41) is 18.6. The van der Waals surface area contributed by atoms with Crippen LogP contribution in [0, 0.1) is 5.92 Å². The Bertz CT molecular complexity index is 425. The molecule has 0 amide bonds. The van der Waals surface area contributed by atoms with Gasteiger partial charge in [-0.2, -0.15) is 0 Å². The Morgan fingerprint density at radius 3 is 3.00 bits per heavy atom. The third-order valence-corrected chi connectivity index (χ3v) is 2.84. The van der Waals surface area contributed by atoms with Crippen LogP contribution in [0.1, 0.15) is 18.1 Å². The van der Waals surface area contributed by atoms with Crippen LogP contribution in [0.5, 0.6) is 11.5 Å². The number of rotatable bonds is 3. The highest BCUT2D eigenvalue weighted by molar-refractivity contribution is 5.70. The quantitative estimate of drug-likeness (QED) is 0.815. The first-order valence-corrected chi connectivity index (χ1v) is 5.28. The van der Waals surface area contributed by atoms with Crippen LogP contribution in [0.15, 0.2) is 12.1 Å². The largest absolute Gasteiger partial charge is 0.508 e. The van der Waals surface area contributed by atoms with Crippen molar-refractivity contribution in [2.24, 2.45) is 5.92 Å². The van der Waals surface area contributed by atoms with Crippen molar-refractivity contribution >= 4 is 5.97 Å². The molecule has 0 aromatic heterocycles. The lowest BCUT2D eigenvalue weighted by molar-refractivity contribution is -0.141. The second-order valence-corrected chi connectivity index (χ2v) is 4.13. The standard InChI is InChI=1S/C12H14O4/c1-7(12(14)15)4-9-6-11-8(2-3-16-11)5-10(9)13/h5-7,13H,2-4H2,1H3,(H,14,15). The number of carboxylic acids is 1. The summed E-state index contributed by atoms with van der Waals surface area (Å²) in [5.74, 6) is -0.436. The van der Waals surface area contributed by atoms with Crippen LogP contribution in [-0.4, -0.2) is 22.8 Å². The molecule has 0 radical (unpaired) electrons. The van der Waals surface area contributed by atoms with Crippen LogP contribution in [0.4, 0.5) is 0 Å². The van der Waals surface area contributed by atoms with Gasteiger partial charge in [0.1, 0.15) is 11.5 Å². The summed E-state index contributed by atoms with van der Waals surface area (Å²) in [6, 6.07) is 3.42. The number of carboxylic acid groups (broad SMARTS) is 1. The minimum atomic E-state index is -0.860. The molecule has 2 rings (SSSR count). The minimum absolute atomic E-state index is 0.164. The molecule has 1 aromatic carbocycles. The Morgan fingerprint density at radius 1 is 1.56 bits per heavy atom. The molecule has 0 saturated heterocycles. The van der Waals surface area contributed by atoms with Gasteiger partial charge in [-0.15, -0.1) is 0 Å². The Kier molecular flexibility index (Phi) is 2.73. The number of phenolic OH excluding ortho intramolecular Hbond substituents is 1. The maximum Gasteiger partial charge on any atom is 0.306 e. The second kappa shape index (κ2) is 4.04. The molecule has 0 fully saturated rings. The summed E-state index contributed by atoms with van der Waals surface area (Å²) < 4.78 is 5.38. The van der Waals surface area contributed by atoms with Crippen molar-refractivity contribution in [3.05, 3.63) is 23.3 Å². The number of hydrogen-bond donors (Lipinski definition) is 2. The third kappa shape index (κ3) is 1.96. The number of benzene rings is 1. The van der Waals surface area contributed by atoms with Crippen LogP contribution in [0.25, 0.3) is 0 Å². The fourth-order valence-corrected chi connectivity index (χ4v) is 1.84. The second-order valence-electron chi connectivity index (χ2n) is 4.13. The Balaban J connectivity index is 2.25. The molecular formula is C12H14O4. The van der Waals surface area contributed by atoms with Gasteiger partial charge in [0.25, 0.3) is 0 Å². The fourth-order valence-electron chi connectivity index (χ4n) is 1.84. The van der Waals surface area contributed by atoms with Gasteiger partial charge >= 0.3 is 5.97 Å². The van der Waals surface area contributed by atoms with E-state index in [1.54, 1.807) is 19.1 Å². The normalized spacial score (nSPS) is 15.3. The number of ether oxygens (including phenoxy) is 1. The van der Waals surface area contributed by atoms with E-state index in [0.717, 1.165) is 17.7 Å². The van der Waals surface area contributed by atoms with E-state index in [4.69, 9.17) is 9.84 Å². The number of phenols is 1. The summed E-state index contributed by atoms with van der Waals surface area (Å²) in [6.45, 7) is 2.25. The summed E-state index contributed by atoms with van der Waals surface area (Å²) in [7, 11) is 0. The van der Waals surface area contributed by atoms with Crippen molar-refractivity contribution in [1.29, 1.82) is 0 Å². The third-order valence-electron chi connectivity index (χ3n) is 2.84. The van der Waals surface area contributed by atoms with Gasteiger partial charge in [0.05, 0.1) is 12.5 Å². The highest BCUT2D eigenvalue weighted by Crippen LogP contribution is 2.33. The van der Waals surface area contributed by atoms with E-state index in [2.05, 4.69) is 0 Å². The van der Waals surface area contributed by atoms with Gasteiger partial charge in [0.15, 0.2) is 0 Å². The molecule has 86 valence electrons. The molecule has 1 atom stereocenters. The van der Waals surface area contributed by atoms with Gasteiger partial charge in [-0.1, -0.05) is 6.92 Å². The van der Waals surface area contributed by atoms with Gasteiger partial charge < -0.3 is 14.9 Å². The van der Waals surface area contributed by atoms with Crippen LogP contribution in [0.2, 0.25) is 0 Å². The van der Waals surface area contributed by atoms with E-state index in [1.165, 1.54) is 0 Å². The Labute approximate surface area is 93.5 Å². The molecule has 1 aliphatic rings. The van der Waals surface area contributed by atoms with Crippen molar-refractivity contribution in [3.8, 4) is 11.5 Å². The summed E-state index contributed by atoms with van der Waals surface area (Å²) in [5.41, 5.74) is 1.62. The molecule has 1 aromatic rings. The van der Waals surface area contributed by atoms with Crippen molar-refractivity contribution in [2.45, 2.75) is 19.8 Å². The van der Waals surface area contributed by atoms with Gasteiger partial charge in [-0.05, 0) is 24.1 Å². The lowest BCUT2D eigenvalue weighted by Crippen LogP contribution is -2.12. The van der Waals surface area contributed by atoms with Gasteiger partial charge in [-0.3, -0.25) is 4.79 Å². The topological polar surface area (TPSA) is 66.8 Å². The van der Waals surface area contributed by atoms with Crippen LogP contribution in [-0.2, 0) is 17.6 Å². The molecule has 0 saturated carbocycles. The lowest BCUT2D eigenvalue weighted by atomic mass is 9.98. The van der Waals surface area contributed by atoms with Crippen LogP contribution in [0.3, 0.4) is 0 Å². The SMILES string of the molecule is CC(Cc1cc2c(cc1O)CCO2)C(=O)O. The maximum absolute atomic E-state index is 10.7. The van der Waals surface area contributed by atoms with E-state index in [0.29, 0.717) is 18.6 Å². The van der Waals surface area contributed by atoms with Crippen LogP contribution < -0.4 is 4.74 Å². The first-order valence-electron chi connectivity index (χ1n) is 5.28. The monoisotopic (exact) mass is 222 g/mol. The van der Waals surface area contributed by atoms with E-state index in [-0.39, 0.29) is 5.75 Å². The molecule has 1 heterocycles. The summed E-state index contributed by atoms with van der Waals surface area (Å²) >= 11 is 0. The molecule has 2 N–H and O–H groups in total. The molecule has 0 spiro atoms. The average Bonchev–Trinajstić information content (AvgIpc) is 2.65. The molecule has 1 unspecified atom stereocenters. The van der Waals surface area contributed by atoms with Gasteiger partial charge in [0.2, 0.25) is 0 Å². The van der Waals surface area contributed by atoms with E-state index >= 15 is 0 Å². The van der Waals surface area contributed by atoms with Crippen LogP contribution >= 0.6 is 0 Å². The number of aromatic hydroxyl groups is 1. The van der Waals surface area contributed by atoms with Gasteiger partial charge in [-0.25, -0.2) is 0 Å². The highest BCUT2D eigenvalue weighted by Gasteiger charge is 2.19. The van der Waals surface area contributed by atoms with Crippen molar-refractivity contribution in [1.82, 2.24) is 0 Å². The molecular weight excluding hydrogens is 208 g/mol. The number of carbonyl (C=O) groups is 1. The first kappa shape index (κ1) is 10.8. The summed E-state index contributed by atoms with van der Waals surface area (Å²) in [6.07, 6.45) is 1.12. The molecule has 1 aliphatic heterocycles. The Hall–Kier alpha value is -1.71. The zero-order valence-electron chi connectivity index (χ0n) is 9.06. The van der Waals surface area contributed by atoms with Gasteiger partial charge in [0, 0.05) is 12.0 Å². The number of aliphatic carboxylic acids is 1. The zero-order chi connectivity index (χ0) is 11.7. The molecule has 0 bridgehead atoms. The fraction of sp³-hybridized carbons (Fsp3) is 0.417. The predicted molar refractivity (Wildman–Crippen MR) is 57.8 cm³/mol. The van der Waals surface area contributed by atoms with E-state index in [9.17, 15) is 9.90 Å². The van der Waals surface area contributed by atoms with Crippen molar-refractivity contribution in [3.63, 3.8) is 0 Å². The number of fused-ring (bicyclic) bond motifs is 1. The number of hydrogen-bond acceptors (Lipinski definition) is 3. The summed E-state index contributed by atoms with van der Waals surface area (Å²) in [4.78, 5) is 10.7. The molecule has 16 heavy (non-hydrogen) atoms. The lowest BCUT2D eigenvalue weighted by Gasteiger charge is -2.10. The predicted octanol–water partition coefficient (Wildman–Crippen LogP) is 1.59. The minimum Gasteiger partial charge on any atom is -0.508 e. The zero-order valence-corrected chi connectivity index (χ0v) is 9.06. The van der Waals surface area contributed by atoms with Crippen molar-refractivity contribution < 1.29 is 19.7 Å². The Morgan fingerprint density at radius 2 is 2.31 bits per heavy atom. The first-order chi connectivity index (χ1) is 7.58. The maximum atomic E-state index is 10.7. The van der Waals surface area contributed by atoms with Crippen molar-refractivity contribution in [2.75, 3.05) is 6.61 Å². The molecule has 4 heteroatoms. The molecule has 4 nitrogen and oxygen atoms in total. The van der Waals surface area contributed by atoms with E-state index in [1.807, 2.05) is 0 Å². The average molecular weight is 222 g/mol.